The van der Waals surface area contributed by atoms with Crippen LogP contribution in [0.3, 0.4) is 0 Å². The zero-order valence-electron chi connectivity index (χ0n) is 6.64. The second-order valence-electron chi connectivity index (χ2n) is 3.38. The molecule has 0 amide bonds. The van der Waals surface area contributed by atoms with Gasteiger partial charge in [0, 0.05) is 32.1 Å². The Kier molecular flexibility index (Phi) is 1.80. The molecule has 0 radical (unpaired) electrons. The van der Waals surface area contributed by atoms with Gasteiger partial charge in [-0.25, -0.2) is 10.0 Å². The Morgan fingerprint density at radius 1 is 1.25 bits per heavy atom. The first kappa shape index (κ1) is 8.31. The molecule has 2 heterocycles. The van der Waals surface area contributed by atoms with Crippen molar-refractivity contribution >= 4 is 0 Å². The summed E-state index contributed by atoms with van der Waals surface area (Å²) in [5.74, 6) is 0. The molecule has 0 aromatic carbocycles. The molecule has 12 heavy (non-hydrogen) atoms. The van der Waals surface area contributed by atoms with Crippen LogP contribution in [-0.2, 0) is 0 Å². The molecule has 2 nitrogen and oxygen atoms in total. The summed E-state index contributed by atoms with van der Waals surface area (Å²) >= 11 is 0. The monoisotopic (exact) mass is 180 g/mol. The van der Waals surface area contributed by atoms with E-state index in [1.165, 1.54) is 0 Å². The Morgan fingerprint density at radius 2 is 1.92 bits per heavy atom. The molecular weight excluding hydrogens is 169 g/mol. The number of hydrazine groups is 1. The minimum Gasteiger partial charge on any atom is -0.239 e. The van der Waals surface area contributed by atoms with Gasteiger partial charge in [0.15, 0.2) is 0 Å². The number of alkyl halides is 3. The molecule has 2 fully saturated rings. The normalized spacial score (nSPS) is 35.2. The minimum atomic E-state index is -3.98. The van der Waals surface area contributed by atoms with Gasteiger partial charge in [-0.3, -0.25) is 0 Å². The smallest absolute Gasteiger partial charge is 0.239 e. The predicted molar refractivity (Wildman–Crippen MR) is 37.4 cm³/mol. The van der Waals surface area contributed by atoms with E-state index in [1.54, 1.807) is 0 Å². The zero-order chi connectivity index (χ0) is 8.77. The van der Waals surface area contributed by atoms with Gasteiger partial charge in [-0.1, -0.05) is 0 Å². The van der Waals surface area contributed by atoms with E-state index in [1.807, 2.05) is 5.01 Å². The van der Waals surface area contributed by atoms with Crippen LogP contribution in [0.2, 0.25) is 0 Å². The van der Waals surface area contributed by atoms with Crippen molar-refractivity contribution in [3.8, 4) is 0 Å². The van der Waals surface area contributed by atoms with E-state index in [2.05, 4.69) is 5.01 Å². The third kappa shape index (κ3) is 2.10. The second kappa shape index (κ2) is 2.60. The molecule has 2 rings (SSSR count). The molecule has 0 saturated carbocycles. The predicted octanol–water partition coefficient (Wildman–Crippen LogP) is 1.24. The molecule has 2 saturated heterocycles. The molecule has 5 heteroatoms. The van der Waals surface area contributed by atoms with E-state index in [0.29, 0.717) is 0 Å². The molecule has 2 unspecified atom stereocenters. The number of rotatable bonds is 3. The van der Waals surface area contributed by atoms with Crippen LogP contribution < -0.4 is 0 Å². The quantitative estimate of drug-likeness (QED) is 0.603. The van der Waals surface area contributed by atoms with Gasteiger partial charge in [0.1, 0.15) is 0 Å². The molecule has 0 bridgehead atoms. The van der Waals surface area contributed by atoms with E-state index < -0.39 is 12.6 Å². The summed E-state index contributed by atoms with van der Waals surface area (Å²) in [5, 5.41) is 4.10. The average molecular weight is 180 g/mol. The van der Waals surface area contributed by atoms with Gasteiger partial charge in [-0.15, -0.1) is 0 Å². The largest absolute Gasteiger partial charge is 0.389 e. The lowest BCUT2D eigenvalue weighted by molar-refractivity contribution is -0.136. The highest BCUT2D eigenvalue weighted by Crippen LogP contribution is 2.32. The lowest BCUT2D eigenvalue weighted by Crippen LogP contribution is -2.13. The van der Waals surface area contributed by atoms with Crippen molar-refractivity contribution in [2.75, 3.05) is 19.6 Å². The van der Waals surface area contributed by atoms with E-state index in [0.717, 1.165) is 19.6 Å². The first-order chi connectivity index (χ1) is 5.56. The summed E-state index contributed by atoms with van der Waals surface area (Å²) in [7, 11) is 0. The van der Waals surface area contributed by atoms with Crippen LogP contribution in [0, 0.1) is 0 Å². The van der Waals surface area contributed by atoms with Crippen molar-refractivity contribution in [1.82, 2.24) is 10.0 Å². The van der Waals surface area contributed by atoms with Crippen LogP contribution in [0.1, 0.15) is 12.8 Å². The Bertz CT molecular complexity index is 176. The van der Waals surface area contributed by atoms with Crippen LogP contribution in [-0.4, -0.2) is 41.9 Å². The first-order valence-electron chi connectivity index (χ1n) is 4.14. The maximum atomic E-state index is 11.8. The van der Waals surface area contributed by atoms with Gasteiger partial charge in [0.2, 0.25) is 0 Å². The van der Waals surface area contributed by atoms with Crippen LogP contribution in [0.25, 0.3) is 0 Å². The lowest BCUT2D eigenvalue weighted by atomic mass is 10.2. The van der Waals surface area contributed by atoms with Gasteiger partial charge in [-0.05, 0) is 6.42 Å². The summed E-state index contributed by atoms with van der Waals surface area (Å²) in [5.41, 5.74) is 0. The molecule has 2 aliphatic heterocycles. The van der Waals surface area contributed by atoms with Crippen LogP contribution in [0.15, 0.2) is 0 Å². The van der Waals surface area contributed by atoms with Gasteiger partial charge in [0.05, 0.1) is 0 Å². The zero-order valence-corrected chi connectivity index (χ0v) is 6.64. The molecule has 0 N–H and O–H groups in total. The van der Waals surface area contributed by atoms with Crippen LogP contribution in [0.5, 0.6) is 0 Å². The third-order valence-electron chi connectivity index (χ3n) is 2.23. The highest BCUT2D eigenvalue weighted by atomic mass is 19.4. The third-order valence-corrected chi connectivity index (χ3v) is 2.23. The van der Waals surface area contributed by atoms with E-state index in [9.17, 15) is 13.2 Å². The Hall–Kier alpha value is -0.290. The van der Waals surface area contributed by atoms with E-state index >= 15 is 0 Å². The fourth-order valence-electron chi connectivity index (χ4n) is 1.39. The van der Waals surface area contributed by atoms with Crippen molar-refractivity contribution in [1.29, 1.82) is 0 Å². The molecule has 0 aromatic heterocycles. The first-order valence-corrected chi connectivity index (χ1v) is 4.14. The molecule has 70 valence electrons. The number of nitrogens with zero attached hydrogens (tertiary/aromatic N) is 2. The maximum Gasteiger partial charge on any atom is 0.389 e. The van der Waals surface area contributed by atoms with Gasteiger partial charge in [-0.2, -0.15) is 13.2 Å². The van der Waals surface area contributed by atoms with Crippen molar-refractivity contribution in [3.05, 3.63) is 0 Å². The minimum absolute atomic E-state index is 0.175. The fraction of sp³-hybridized carbons (Fsp3) is 1.00. The number of hydrogen-bond donors (Lipinski definition) is 0. The standard InChI is InChI=1S/C7H11F3N2/c8-7(9,10)2-1-6-5-12(6)11-3-4-11/h6H,1-5H2. The molecule has 0 spiro atoms. The van der Waals surface area contributed by atoms with Crippen LogP contribution in [0.4, 0.5) is 13.2 Å². The highest BCUT2D eigenvalue weighted by molar-refractivity contribution is 4.91. The average Bonchev–Trinajstić information content (AvgIpc) is 2.78. The molecule has 2 aliphatic rings. The van der Waals surface area contributed by atoms with Gasteiger partial charge in [0.25, 0.3) is 0 Å². The number of halogens is 3. The van der Waals surface area contributed by atoms with E-state index in [-0.39, 0.29) is 12.5 Å². The lowest BCUT2D eigenvalue weighted by Gasteiger charge is -2.05. The Morgan fingerprint density at radius 3 is 2.42 bits per heavy atom. The molecular formula is C7H11F3N2. The SMILES string of the molecule is FC(F)(F)CCC1CN1N1CC1. The molecule has 0 aliphatic carbocycles. The summed E-state index contributed by atoms with van der Waals surface area (Å²) in [6.45, 7) is 2.89. The summed E-state index contributed by atoms with van der Waals surface area (Å²) in [6, 6.07) is 0.175. The fourth-order valence-corrected chi connectivity index (χ4v) is 1.39. The summed E-state index contributed by atoms with van der Waals surface area (Å²) in [4.78, 5) is 0. The van der Waals surface area contributed by atoms with E-state index in [4.69, 9.17) is 0 Å². The van der Waals surface area contributed by atoms with Gasteiger partial charge >= 0.3 is 6.18 Å². The topological polar surface area (TPSA) is 6.02 Å². The Labute approximate surface area is 68.9 Å². The second-order valence-corrected chi connectivity index (χ2v) is 3.38. The summed E-state index contributed by atoms with van der Waals surface area (Å²) < 4.78 is 35.3. The Balaban J connectivity index is 1.63. The van der Waals surface area contributed by atoms with Crippen molar-refractivity contribution < 1.29 is 13.2 Å². The number of hydrogen-bond acceptors (Lipinski definition) is 2. The van der Waals surface area contributed by atoms with Crippen molar-refractivity contribution in [2.45, 2.75) is 25.1 Å². The van der Waals surface area contributed by atoms with Gasteiger partial charge < -0.3 is 0 Å². The molecule has 2 atom stereocenters. The van der Waals surface area contributed by atoms with Crippen molar-refractivity contribution in [2.24, 2.45) is 0 Å². The molecule has 0 aromatic rings. The highest BCUT2D eigenvalue weighted by Gasteiger charge is 2.44. The summed E-state index contributed by atoms with van der Waals surface area (Å²) in [6.07, 6.45) is -4.35. The van der Waals surface area contributed by atoms with Crippen LogP contribution >= 0.6 is 0 Å². The van der Waals surface area contributed by atoms with Crippen molar-refractivity contribution in [3.63, 3.8) is 0 Å². The maximum absolute atomic E-state index is 11.8.